The third-order valence-corrected chi connectivity index (χ3v) is 1.99. The minimum atomic E-state index is -2.51. The third-order valence-electron chi connectivity index (χ3n) is 1.99. The van der Waals surface area contributed by atoms with Gasteiger partial charge in [-0.2, -0.15) is 0 Å². The zero-order chi connectivity index (χ0) is 10.0. The summed E-state index contributed by atoms with van der Waals surface area (Å²) >= 11 is 0. The lowest BCUT2D eigenvalue weighted by Crippen LogP contribution is -2.13. The number of nitrogens with one attached hydrogen (secondary N) is 2. The number of rotatable bonds is 3. The summed E-state index contributed by atoms with van der Waals surface area (Å²) in [6.45, 7) is 3.45. The Bertz CT molecular complexity index is 283. The van der Waals surface area contributed by atoms with Crippen molar-refractivity contribution in [1.82, 2.24) is 15.3 Å². The van der Waals surface area contributed by atoms with Crippen LogP contribution in [0, 0.1) is 6.92 Å². The summed E-state index contributed by atoms with van der Waals surface area (Å²) in [4.78, 5) is 6.64. The van der Waals surface area contributed by atoms with E-state index in [4.69, 9.17) is 0 Å². The van der Waals surface area contributed by atoms with Crippen molar-refractivity contribution < 1.29 is 8.78 Å². The SMILES string of the molecule is CNC(C)c1nc(C(F)F)c(C)[nH]1. The highest BCUT2D eigenvalue weighted by molar-refractivity contribution is 5.15. The molecule has 1 heterocycles. The summed E-state index contributed by atoms with van der Waals surface area (Å²) in [5.74, 6) is 0.551. The Morgan fingerprint density at radius 2 is 2.08 bits per heavy atom. The van der Waals surface area contributed by atoms with Gasteiger partial charge in [0.05, 0.1) is 6.04 Å². The number of H-pyrrole nitrogens is 1. The third kappa shape index (κ3) is 2.03. The molecule has 0 spiro atoms. The summed E-state index contributed by atoms with van der Waals surface area (Å²) in [6, 6.07) is -0.0359. The van der Waals surface area contributed by atoms with Crippen LogP contribution >= 0.6 is 0 Å². The maximum absolute atomic E-state index is 12.3. The number of imidazole rings is 1. The zero-order valence-corrected chi connectivity index (χ0v) is 7.86. The number of aryl methyl sites for hydroxylation is 1. The average Bonchev–Trinajstić information content (AvgIpc) is 2.46. The maximum Gasteiger partial charge on any atom is 0.282 e. The van der Waals surface area contributed by atoms with Crippen molar-refractivity contribution in [2.75, 3.05) is 7.05 Å². The number of hydrogen-bond acceptors (Lipinski definition) is 2. The lowest BCUT2D eigenvalue weighted by molar-refractivity contribution is 0.145. The number of halogens is 2. The van der Waals surface area contributed by atoms with Gasteiger partial charge in [-0.05, 0) is 20.9 Å². The van der Waals surface area contributed by atoms with Gasteiger partial charge in [-0.15, -0.1) is 0 Å². The highest BCUT2D eigenvalue weighted by Crippen LogP contribution is 2.21. The molecule has 1 aromatic rings. The second-order valence-corrected chi connectivity index (χ2v) is 2.94. The van der Waals surface area contributed by atoms with Gasteiger partial charge < -0.3 is 10.3 Å². The number of aromatic amines is 1. The molecule has 0 radical (unpaired) electrons. The van der Waals surface area contributed by atoms with Gasteiger partial charge in [-0.3, -0.25) is 0 Å². The first kappa shape index (κ1) is 10.1. The summed E-state index contributed by atoms with van der Waals surface area (Å²) in [5, 5.41) is 2.92. The van der Waals surface area contributed by atoms with E-state index in [9.17, 15) is 8.78 Å². The Morgan fingerprint density at radius 3 is 2.46 bits per heavy atom. The van der Waals surface area contributed by atoms with Crippen molar-refractivity contribution in [3.05, 3.63) is 17.2 Å². The molecule has 1 unspecified atom stereocenters. The minimum Gasteiger partial charge on any atom is -0.344 e. The molecule has 0 fully saturated rings. The quantitative estimate of drug-likeness (QED) is 0.762. The fraction of sp³-hybridized carbons (Fsp3) is 0.625. The Hall–Kier alpha value is -0.970. The van der Waals surface area contributed by atoms with Crippen molar-refractivity contribution in [2.24, 2.45) is 0 Å². The summed E-state index contributed by atoms with van der Waals surface area (Å²) in [7, 11) is 1.75. The molecule has 74 valence electrons. The highest BCUT2D eigenvalue weighted by atomic mass is 19.3. The molecule has 0 aliphatic heterocycles. The van der Waals surface area contributed by atoms with E-state index in [0.717, 1.165) is 0 Å². The molecule has 5 heteroatoms. The van der Waals surface area contributed by atoms with Gasteiger partial charge in [-0.1, -0.05) is 0 Å². The minimum absolute atomic E-state index is 0.0359. The molecular formula is C8H13F2N3. The second kappa shape index (κ2) is 3.83. The standard InChI is InChI=1S/C8H13F2N3/c1-4-6(7(9)10)13-8(12-4)5(2)11-3/h5,7,11H,1-3H3,(H,12,13). The molecule has 3 nitrogen and oxygen atoms in total. The monoisotopic (exact) mass is 189 g/mol. The number of nitrogens with zero attached hydrogens (tertiary/aromatic N) is 1. The van der Waals surface area contributed by atoms with Crippen LogP contribution in [-0.4, -0.2) is 17.0 Å². The van der Waals surface area contributed by atoms with Gasteiger partial charge in [0.1, 0.15) is 11.5 Å². The van der Waals surface area contributed by atoms with Crippen LogP contribution in [-0.2, 0) is 0 Å². The van der Waals surface area contributed by atoms with Crippen molar-refractivity contribution in [2.45, 2.75) is 26.3 Å². The first-order valence-corrected chi connectivity index (χ1v) is 4.08. The van der Waals surface area contributed by atoms with E-state index in [-0.39, 0.29) is 11.7 Å². The predicted octanol–water partition coefficient (Wildman–Crippen LogP) is 1.94. The van der Waals surface area contributed by atoms with Gasteiger partial charge >= 0.3 is 0 Å². The average molecular weight is 189 g/mol. The highest BCUT2D eigenvalue weighted by Gasteiger charge is 2.17. The maximum atomic E-state index is 12.3. The molecule has 0 saturated carbocycles. The number of aromatic nitrogens is 2. The van der Waals surface area contributed by atoms with E-state index in [2.05, 4.69) is 15.3 Å². The van der Waals surface area contributed by atoms with Crippen molar-refractivity contribution in [1.29, 1.82) is 0 Å². The van der Waals surface area contributed by atoms with Crippen LogP contribution in [0.5, 0.6) is 0 Å². The number of alkyl halides is 2. The second-order valence-electron chi connectivity index (χ2n) is 2.94. The summed E-state index contributed by atoms with van der Waals surface area (Å²) in [5.41, 5.74) is 0.282. The largest absolute Gasteiger partial charge is 0.344 e. The Balaban J connectivity index is 2.95. The molecule has 13 heavy (non-hydrogen) atoms. The van der Waals surface area contributed by atoms with E-state index in [1.165, 1.54) is 0 Å². The lowest BCUT2D eigenvalue weighted by atomic mass is 10.3. The summed E-state index contributed by atoms with van der Waals surface area (Å²) < 4.78 is 24.6. The molecule has 0 aliphatic carbocycles. The van der Waals surface area contributed by atoms with Crippen LogP contribution in [0.3, 0.4) is 0 Å². The Morgan fingerprint density at radius 1 is 1.46 bits per heavy atom. The lowest BCUT2D eigenvalue weighted by Gasteiger charge is -2.04. The van der Waals surface area contributed by atoms with Gasteiger partial charge in [0, 0.05) is 5.69 Å². The first-order valence-electron chi connectivity index (χ1n) is 4.08. The molecule has 0 aromatic carbocycles. The molecular weight excluding hydrogens is 176 g/mol. The normalized spacial score (nSPS) is 13.7. The first-order chi connectivity index (χ1) is 6.06. The smallest absolute Gasteiger partial charge is 0.282 e. The van der Waals surface area contributed by atoms with Crippen molar-refractivity contribution in [3.63, 3.8) is 0 Å². The van der Waals surface area contributed by atoms with E-state index in [1.807, 2.05) is 6.92 Å². The van der Waals surface area contributed by atoms with Gasteiger partial charge in [0.2, 0.25) is 0 Å². The predicted molar refractivity (Wildman–Crippen MR) is 45.8 cm³/mol. The van der Waals surface area contributed by atoms with Crippen LogP contribution in [0.4, 0.5) is 8.78 Å². The molecule has 0 saturated heterocycles. The van der Waals surface area contributed by atoms with E-state index < -0.39 is 6.43 Å². The van der Waals surface area contributed by atoms with Gasteiger partial charge in [-0.25, -0.2) is 13.8 Å². The zero-order valence-electron chi connectivity index (χ0n) is 7.86. The fourth-order valence-corrected chi connectivity index (χ4v) is 1.05. The van der Waals surface area contributed by atoms with Crippen molar-refractivity contribution in [3.8, 4) is 0 Å². The molecule has 1 rings (SSSR count). The van der Waals surface area contributed by atoms with Crippen LogP contribution in [0.25, 0.3) is 0 Å². The van der Waals surface area contributed by atoms with Crippen LogP contribution in [0.15, 0.2) is 0 Å². The molecule has 2 N–H and O–H groups in total. The molecule has 0 aliphatic rings. The van der Waals surface area contributed by atoms with E-state index in [1.54, 1.807) is 14.0 Å². The van der Waals surface area contributed by atoms with E-state index >= 15 is 0 Å². The summed E-state index contributed by atoms with van der Waals surface area (Å²) in [6.07, 6.45) is -2.51. The molecule has 1 aromatic heterocycles. The van der Waals surface area contributed by atoms with E-state index in [0.29, 0.717) is 11.5 Å². The molecule has 0 amide bonds. The van der Waals surface area contributed by atoms with Crippen LogP contribution in [0.2, 0.25) is 0 Å². The van der Waals surface area contributed by atoms with Crippen LogP contribution in [0.1, 0.15) is 36.6 Å². The van der Waals surface area contributed by atoms with Crippen molar-refractivity contribution >= 4 is 0 Å². The van der Waals surface area contributed by atoms with Crippen LogP contribution < -0.4 is 5.32 Å². The van der Waals surface area contributed by atoms with Gasteiger partial charge in [0.25, 0.3) is 6.43 Å². The Kier molecular flexibility index (Phi) is 2.98. The number of hydrogen-bond donors (Lipinski definition) is 2. The topological polar surface area (TPSA) is 40.7 Å². The Labute approximate surface area is 75.6 Å². The fourth-order valence-electron chi connectivity index (χ4n) is 1.05. The molecule has 0 bridgehead atoms. The van der Waals surface area contributed by atoms with Gasteiger partial charge in [0.15, 0.2) is 0 Å². The molecule has 1 atom stereocenters.